The first kappa shape index (κ1) is 16.2. The summed E-state index contributed by atoms with van der Waals surface area (Å²) in [5.41, 5.74) is 3.49. The molecule has 4 aromatic rings. The highest BCUT2D eigenvalue weighted by molar-refractivity contribution is 7.89. The Morgan fingerprint density at radius 2 is 1.81 bits per heavy atom. The molecule has 0 fully saturated rings. The van der Waals surface area contributed by atoms with Crippen molar-refractivity contribution in [3.63, 3.8) is 0 Å². The van der Waals surface area contributed by atoms with E-state index >= 15 is 0 Å². The lowest BCUT2D eigenvalue weighted by Crippen LogP contribution is -2.11. The molecule has 4 N–H and O–H groups in total. The predicted octanol–water partition coefficient (Wildman–Crippen LogP) is 3.02. The highest BCUT2D eigenvalue weighted by Gasteiger charge is 2.08. The number of hydrogen-bond acceptors (Lipinski definition) is 5. The average molecular weight is 365 g/mol. The van der Waals surface area contributed by atoms with E-state index in [0.717, 1.165) is 22.2 Å². The number of hydrogen-bond donors (Lipinski definition) is 3. The van der Waals surface area contributed by atoms with E-state index in [-0.39, 0.29) is 4.90 Å². The fourth-order valence-electron chi connectivity index (χ4n) is 2.65. The third-order valence-electron chi connectivity index (χ3n) is 3.94. The second-order valence-corrected chi connectivity index (χ2v) is 7.30. The van der Waals surface area contributed by atoms with Crippen LogP contribution in [0.15, 0.2) is 71.9 Å². The lowest BCUT2D eigenvalue weighted by Gasteiger charge is -2.07. The van der Waals surface area contributed by atoms with Gasteiger partial charge in [-0.05, 0) is 48.5 Å². The minimum absolute atomic E-state index is 0.0533. The number of anilines is 2. The molecule has 8 heteroatoms. The number of nitrogens with one attached hydrogen (secondary N) is 2. The maximum atomic E-state index is 11.3. The van der Waals surface area contributed by atoms with Crippen molar-refractivity contribution < 1.29 is 8.42 Å². The number of aromatic amines is 1. The quantitative estimate of drug-likeness (QED) is 0.514. The second-order valence-electron chi connectivity index (χ2n) is 5.74. The summed E-state index contributed by atoms with van der Waals surface area (Å²) >= 11 is 0. The van der Waals surface area contributed by atoms with Gasteiger partial charge in [-0.25, -0.2) is 23.5 Å². The Labute approximate surface area is 150 Å². The zero-order valence-corrected chi connectivity index (χ0v) is 14.4. The fraction of sp³-hybridized carbons (Fsp3) is 0. The molecule has 0 atom stereocenters. The zero-order chi connectivity index (χ0) is 18.1. The second kappa shape index (κ2) is 6.25. The van der Waals surface area contributed by atoms with Gasteiger partial charge in [-0.15, -0.1) is 0 Å². The maximum absolute atomic E-state index is 11.3. The number of rotatable bonds is 4. The van der Waals surface area contributed by atoms with Gasteiger partial charge in [0.2, 0.25) is 16.0 Å². The van der Waals surface area contributed by atoms with Gasteiger partial charge in [-0.3, -0.25) is 0 Å². The molecule has 26 heavy (non-hydrogen) atoms. The van der Waals surface area contributed by atoms with Crippen molar-refractivity contribution in [3.05, 3.63) is 67.0 Å². The number of aromatic nitrogens is 3. The van der Waals surface area contributed by atoms with Crippen LogP contribution < -0.4 is 10.5 Å². The van der Waals surface area contributed by atoms with Crippen LogP contribution in [-0.2, 0) is 10.0 Å². The Morgan fingerprint density at radius 3 is 2.58 bits per heavy atom. The van der Waals surface area contributed by atoms with Crippen LogP contribution in [0.3, 0.4) is 0 Å². The van der Waals surface area contributed by atoms with Gasteiger partial charge in [-0.1, -0.05) is 6.07 Å². The molecule has 4 rings (SSSR count). The highest BCUT2D eigenvalue weighted by atomic mass is 32.2. The van der Waals surface area contributed by atoms with Crippen molar-refractivity contribution in [3.8, 4) is 11.3 Å². The third-order valence-corrected chi connectivity index (χ3v) is 4.87. The van der Waals surface area contributed by atoms with Gasteiger partial charge in [0.05, 0.1) is 10.6 Å². The van der Waals surface area contributed by atoms with Crippen LogP contribution >= 0.6 is 0 Å². The molecule has 0 amide bonds. The standard InChI is InChI=1S/C18H15N5O2S/c19-26(24,25)15-4-2-14(3-5-15)22-18-21-10-8-17(23-18)12-1-6-16-13(11-12)7-9-20-16/h1-11,20H,(H2,19,24,25)(H,21,22,23). The molecular weight excluding hydrogens is 350 g/mol. The molecule has 0 bridgehead atoms. The number of nitrogens with zero attached hydrogens (tertiary/aromatic N) is 2. The largest absolute Gasteiger partial charge is 0.361 e. The highest BCUT2D eigenvalue weighted by Crippen LogP contribution is 2.24. The van der Waals surface area contributed by atoms with Crippen LogP contribution in [0, 0.1) is 0 Å². The van der Waals surface area contributed by atoms with Crippen LogP contribution in [-0.4, -0.2) is 23.4 Å². The molecule has 0 aliphatic rings. The van der Waals surface area contributed by atoms with E-state index in [4.69, 9.17) is 5.14 Å². The van der Waals surface area contributed by atoms with Crippen molar-refractivity contribution in [2.45, 2.75) is 4.90 Å². The molecule has 7 nitrogen and oxygen atoms in total. The Hall–Kier alpha value is -3.23. The minimum Gasteiger partial charge on any atom is -0.361 e. The summed E-state index contributed by atoms with van der Waals surface area (Å²) in [5.74, 6) is 0.417. The lowest BCUT2D eigenvalue weighted by molar-refractivity contribution is 0.598. The van der Waals surface area contributed by atoms with E-state index in [9.17, 15) is 8.42 Å². The SMILES string of the molecule is NS(=O)(=O)c1ccc(Nc2nccc(-c3ccc4[nH]ccc4c3)n2)cc1. The first-order valence-electron chi connectivity index (χ1n) is 7.79. The van der Waals surface area contributed by atoms with E-state index in [1.807, 2.05) is 30.5 Å². The van der Waals surface area contributed by atoms with Gasteiger partial charge >= 0.3 is 0 Å². The first-order valence-corrected chi connectivity index (χ1v) is 9.34. The van der Waals surface area contributed by atoms with Crippen molar-refractivity contribution in [1.82, 2.24) is 15.0 Å². The molecule has 0 saturated heterocycles. The number of benzene rings is 2. The summed E-state index contributed by atoms with van der Waals surface area (Å²) in [5, 5.41) is 9.27. The van der Waals surface area contributed by atoms with Crippen molar-refractivity contribution in [1.29, 1.82) is 0 Å². The Balaban J connectivity index is 1.61. The van der Waals surface area contributed by atoms with Gasteiger partial charge in [-0.2, -0.15) is 0 Å². The Kier molecular flexibility index (Phi) is 3.90. The van der Waals surface area contributed by atoms with Crippen molar-refractivity contribution in [2.75, 3.05) is 5.32 Å². The average Bonchev–Trinajstić information content (AvgIpc) is 3.09. The summed E-state index contributed by atoms with van der Waals surface area (Å²) in [6.07, 6.45) is 3.57. The van der Waals surface area contributed by atoms with Gasteiger partial charge in [0.1, 0.15) is 0 Å². The molecular formula is C18H15N5O2S. The van der Waals surface area contributed by atoms with Gasteiger partial charge in [0.15, 0.2) is 0 Å². The number of H-pyrrole nitrogens is 1. The molecule has 2 aromatic carbocycles. The molecule has 0 aliphatic carbocycles. The molecule has 0 spiro atoms. The van der Waals surface area contributed by atoms with Crippen molar-refractivity contribution in [2.24, 2.45) is 5.14 Å². The number of sulfonamides is 1. The van der Waals surface area contributed by atoms with E-state index in [1.165, 1.54) is 12.1 Å². The van der Waals surface area contributed by atoms with Crippen LogP contribution in [0.25, 0.3) is 22.2 Å². The molecule has 2 heterocycles. The fourth-order valence-corrected chi connectivity index (χ4v) is 3.16. The topological polar surface area (TPSA) is 114 Å². The Bertz CT molecular complexity index is 1180. The predicted molar refractivity (Wildman–Crippen MR) is 100 cm³/mol. The summed E-state index contributed by atoms with van der Waals surface area (Å²) in [7, 11) is -3.71. The minimum atomic E-state index is -3.71. The molecule has 2 aromatic heterocycles. The molecule has 0 radical (unpaired) electrons. The van der Waals surface area contributed by atoms with E-state index in [2.05, 4.69) is 26.3 Å². The first-order chi connectivity index (χ1) is 12.5. The van der Waals surface area contributed by atoms with Gasteiger partial charge in [0, 0.05) is 34.5 Å². The summed E-state index contributed by atoms with van der Waals surface area (Å²) in [6, 6.07) is 16.0. The summed E-state index contributed by atoms with van der Waals surface area (Å²) in [4.78, 5) is 12.0. The molecule has 0 unspecified atom stereocenters. The van der Waals surface area contributed by atoms with Crippen LogP contribution in [0.5, 0.6) is 0 Å². The van der Waals surface area contributed by atoms with Crippen LogP contribution in [0.4, 0.5) is 11.6 Å². The normalized spacial score (nSPS) is 11.6. The van der Waals surface area contributed by atoms with Crippen LogP contribution in [0.1, 0.15) is 0 Å². The van der Waals surface area contributed by atoms with Crippen molar-refractivity contribution >= 4 is 32.6 Å². The maximum Gasteiger partial charge on any atom is 0.238 e. The van der Waals surface area contributed by atoms with Gasteiger partial charge < -0.3 is 10.3 Å². The summed E-state index contributed by atoms with van der Waals surface area (Å²) < 4.78 is 22.6. The number of fused-ring (bicyclic) bond motifs is 1. The lowest BCUT2D eigenvalue weighted by atomic mass is 10.1. The molecule has 0 aliphatic heterocycles. The summed E-state index contributed by atoms with van der Waals surface area (Å²) in [6.45, 7) is 0. The third kappa shape index (κ3) is 3.28. The number of primary sulfonamides is 1. The van der Waals surface area contributed by atoms with E-state index in [0.29, 0.717) is 11.6 Å². The monoisotopic (exact) mass is 365 g/mol. The molecule has 0 saturated carbocycles. The molecule has 130 valence electrons. The van der Waals surface area contributed by atoms with E-state index < -0.39 is 10.0 Å². The van der Waals surface area contributed by atoms with Crippen LogP contribution in [0.2, 0.25) is 0 Å². The Morgan fingerprint density at radius 1 is 1.00 bits per heavy atom. The smallest absolute Gasteiger partial charge is 0.238 e. The van der Waals surface area contributed by atoms with Gasteiger partial charge in [0.25, 0.3) is 0 Å². The zero-order valence-electron chi connectivity index (χ0n) is 13.5. The number of nitrogens with two attached hydrogens (primary N) is 1. The van der Waals surface area contributed by atoms with E-state index in [1.54, 1.807) is 18.3 Å².